The fourth-order valence-electron chi connectivity index (χ4n) is 1.37. The molecule has 0 aliphatic carbocycles. The highest BCUT2D eigenvalue weighted by Crippen LogP contribution is 2.14. The summed E-state index contributed by atoms with van der Waals surface area (Å²) in [4.78, 5) is 21.0. The quantitative estimate of drug-likeness (QED) is 0.744. The van der Waals surface area contributed by atoms with Gasteiger partial charge in [-0.25, -0.2) is 4.79 Å². The summed E-state index contributed by atoms with van der Waals surface area (Å²) in [6.45, 7) is -0.413. The van der Waals surface area contributed by atoms with Crippen LogP contribution in [0.2, 0.25) is 0 Å². The van der Waals surface area contributed by atoms with E-state index >= 15 is 0 Å². The molecule has 0 amide bonds. The number of hydrogen-bond donors (Lipinski definition) is 3. The topological polar surface area (TPSA) is 94.8 Å². The number of benzene rings is 2. The van der Waals surface area contributed by atoms with E-state index in [1.807, 2.05) is 6.07 Å². The molecule has 0 saturated heterocycles. The van der Waals surface area contributed by atoms with Crippen molar-refractivity contribution >= 4 is 11.8 Å². The monoisotopic (exact) mass is 274 g/mol. The van der Waals surface area contributed by atoms with E-state index in [1.54, 1.807) is 36.4 Å². The minimum absolute atomic E-state index is 0.0671. The third kappa shape index (κ3) is 4.55. The lowest BCUT2D eigenvalue weighted by Gasteiger charge is -1.95. The number of carboxylic acid groups (broad SMARTS) is 1. The molecule has 0 bridgehead atoms. The molecule has 0 unspecified atom stereocenters. The molecule has 2 rings (SSSR count). The second-order valence-corrected chi connectivity index (χ2v) is 3.77. The predicted molar refractivity (Wildman–Crippen MR) is 72.9 cm³/mol. The Kier molecular flexibility index (Phi) is 5.93. The molecule has 0 radical (unpaired) electrons. The van der Waals surface area contributed by atoms with Crippen LogP contribution in [0.25, 0.3) is 0 Å². The summed E-state index contributed by atoms with van der Waals surface area (Å²) in [5, 5.41) is 25.7. The van der Waals surface area contributed by atoms with Crippen molar-refractivity contribution in [3.63, 3.8) is 0 Å². The summed E-state index contributed by atoms with van der Waals surface area (Å²) in [6, 6.07) is 14.5. The maximum absolute atomic E-state index is 10.8. The van der Waals surface area contributed by atoms with Crippen LogP contribution >= 0.6 is 0 Å². The van der Waals surface area contributed by atoms with Crippen molar-refractivity contribution in [2.45, 2.75) is 0 Å². The summed E-state index contributed by atoms with van der Waals surface area (Å²) < 4.78 is 0. The molecule has 0 aliphatic rings. The van der Waals surface area contributed by atoms with E-state index in [9.17, 15) is 9.59 Å². The lowest BCUT2D eigenvalue weighted by molar-refractivity contribution is 0.0693. The van der Waals surface area contributed by atoms with Crippen molar-refractivity contribution < 1.29 is 24.9 Å². The van der Waals surface area contributed by atoms with Gasteiger partial charge in [-0.15, -0.1) is 0 Å². The molecule has 5 heteroatoms. The fraction of sp³-hybridized carbons (Fsp3) is 0.0667. The molecule has 0 saturated carbocycles. The van der Waals surface area contributed by atoms with Gasteiger partial charge >= 0.3 is 5.97 Å². The highest BCUT2D eigenvalue weighted by Gasteiger charge is 2.05. The van der Waals surface area contributed by atoms with Crippen molar-refractivity contribution in [2.24, 2.45) is 0 Å². The van der Waals surface area contributed by atoms with Crippen LogP contribution in [0.3, 0.4) is 0 Å². The lowest BCUT2D eigenvalue weighted by atomic mass is 10.1. The van der Waals surface area contributed by atoms with Gasteiger partial charge in [-0.2, -0.15) is 0 Å². The third-order valence-corrected chi connectivity index (χ3v) is 2.37. The van der Waals surface area contributed by atoms with Crippen LogP contribution in [0.15, 0.2) is 54.6 Å². The highest BCUT2D eigenvalue weighted by molar-refractivity contribution is 5.96. The van der Waals surface area contributed by atoms with Crippen molar-refractivity contribution in [2.75, 3.05) is 6.61 Å². The Labute approximate surface area is 115 Å². The summed E-state index contributed by atoms with van der Waals surface area (Å²) in [5.41, 5.74) is 0.493. The molecule has 0 atom stereocenters. The Bertz CT molecular complexity index is 578. The second-order valence-electron chi connectivity index (χ2n) is 3.77. The van der Waals surface area contributed by atoms with E-state index in [0.29, 0.717) is 5.56 Å². The lowest BCUT2D eigenvalue weighted by Crippen LogP contribution is -2.02. The number of ketones is 1. The Hall–Kier alpha value is -2.66. The Morgan fingerprint density at radius 2 is 1.45 bits per heavy atom. The molecule has 104 valence electrons. The van der Waals surface area contributed by atoms with Crippen LogP contribution in [0.1, 0.15) is 20.7 Å². The van der Waals surface area contributed by atoms with Gasteiger partial charge in [0.05, 0.1) is 0 Å². The first kappa shape index (κ1) is 15.4. The predicted octanol–water partition coefficient (Wildman–Crippen LogP) is 1.95. The fourth-order valence-corrected chi connectivity index (χ4v) is 1.37. The molecule has 3 N–H and O–H groups in total. The molecule has 2 aromatic rings. The number of carbonyl (C=O) groups is 2. The van der Waals surface area contributed by atoms with Gasteiger partial charge in [-0.1, -0.05) is 42.5 Å². The average Bonchev–Trinajstić information content (AvgIpc) is 2.48. The third-order valence-electron chi connectivity index (χ3n) is 2.37. The van der Waals surface area contributed by atoms with Crippen LogP contribution in [-0.4, -0.2) is 33.7 Å². The van der Waals surface area contributed by atoms with E-state index in [4.69, 9.17) is 15.3 Å². The first-order valence-corrected chi connectivity index (χ1v) is 5.76. The number of para-hydroxylation sites is 1. The van der Waals surface area contributed by atoms with Crippen LogP contribution in [0, 0.1) is 0 Å². The first-order valence-electron chi connectivity index (χ1n) is 5.76. The summed E-state index contributed by atoms with van der Waals surface area (Å²) in [6.07, 6.45) is 0. The number of carbonyl (C=O) groups excluding carboxylic acids is 1. The summed E-state index contributed by atoms with van der Waals surface area (Å²) in [7, 11) is 0. The minimum Gasteiger partial charge on any atom is -0.507 e. The van der Waals surface area contributed by atoms with Crippen molar-refractivity contribution in [3.8, 4) is 5.75 Å². The van der Waals surface area contributed by atoms with E-state index in [1.165, 1.54) is 12.1 Å². The highest BCUT2D eigenvalue weighted by atomic mass is 16.4. The summed E-state index contributed by atoms with van der Waals surface area (Å²) >= 11 is 0. The number of aliphatic hydroxyl groups excluding tert-OH is 1. The normalized spacial score (nSPS) is 9.25. The van der Waals surface area contributed by atoms with Gasteiger partial charge in [0.1, 0.15) is 17.9 Å². The van der Waals surface area contributed by atoms with Gasteiger partial charge in [0.2, 0.25) is 0 Å². The van der Waals surface area contributed by atoms with Gasteiger partial charge in [-0.3, -0.25) is 4.79 Å². The van der Waals surface area contributed by atoms with Crippen LogP contribution in [-0.2, 0) is 0 Å². The number of hydrogen-bond acceptors (Lipinski definition) is 4. The minimum atomic E-state index is -1.11. The SMILES string of the molecule is O=C(CO)c1ccccc1.O=C(O)c1ccccc1O. The molecule has 20 heavy (non-hydrogen) atoms. The zero-order valence-electron chi connectivity index (χ0n) is 10.6. The Balaban J connectivity index is 0.000000200. The maximum atomic E-state index is 10.8. The molecular weight excluding hydrogens is 260 g/mol. The largest absolute Gasteiger partial charge is 0.507 e. The molecule has 0 heterocycles. The number of aromatic hydroxyl groups is 1. The standard InChI is InChI=1S/C8H8O2.C7H6O3/c9-6-8(10)7-4-2-1-3-5-7;8-6-4-2-1-3-5(6)7(9)10/h1-5,9H,6H2;1-4,8H,(H,9,10). The van der Waals surface area contributed by atoms with Gasteiger partial charge < -0.3 is 15.3 Å². The van der Waals surface area contributed by atoms with E-state index in [-0.39, 0.29) is 17.1 Å². The Morgan fingerprint density at radius 3 is 1.90 bits per heavy atom. The Morgan fingerprint density at radius 1 is 0.900 bits per heavy atom. The van der Waals surface area contributed by atoms with E-state index in [0.717, 1.165) is 0 Å². The van der Waals surface area contributed by atoms with Crippen molar-refractivity contribution in [3.05, 3.63) is 65.7 Å². The number of Topliss-reactive ketones (excluding diaryl/α,β-unsaturated/α-hetero) is 1. The second kappa shape index (κ2) is 7.70. The zero-order chi connectivity index (χ0) is 15.0. The number of carboxylic acids is 1. The van der Waals surface area contributed by atoms with Crippen LogP contribution < -0.4 is 0 Å². The molecule has 2 aromatic carbocycles. The molecule has 0 fully saturated rings. The van der Waals surface area contributed by atoms with Crippen LogP contribution in [0.4, 0.5) is 0 Å². The van der Waals surface area contributed by atoms with Gasteiger partial charge in [0.25, 0.3) is 0 Å². The first-order chi connectivity index (χ1) is 9.56. The number of rotatable bonds is 3. The molecule has 0 aliphatic heterocycles. The smallest absolute Gasteiger partial charge is 0.339 e. The average molecular weight is 274 g/mol. The molecule has 0 aromatic heterocycles. The number of aliphatic hydroxyl groups is 1. The molecule has 5 nitrogen and oxygen atoms in total. The van der Waals surface area contributed by atoms with E-state index in [2.05, 4.69) is 0 Å². The maximum Gasteiger partial charge on any atom is 0.339 e. The van der Waals surface area contributed by atoms with Crippen molar-refractivity contribution in [1.29, 1.82) is 0 Å². The van der Waals surface area contributed by atoms with Gasteiger partial charge in [-0.05, 0) is 12.1 Å². The van der Waals surface area contributed by atoms with Gasteiger partial charge in [0.15, 0.2) is 5.78 Å². The zero-order valence-corrected chi connectivity index (χ0v) is 10.6. The van der Waals surface area contributed by atoms with Crippen molar-refractivity contribution in [1.82, 2.24) is 0 Å². The molecular formula is C15H14O5. The molecule has 0 spiro atoms. The van der Waals surface area contributed by atoms with Crippen LogP contribution in [0.5, 0.6) is 5.75 Å². The van der Waals surface area contributed by atoms with Gasteiger partial charge in [0, 0.05) is 5.56 Å². The summed E-state index contributed by atoms with van der Waals surface area (Å²) in [5.74, 6) is -1.55. The number of phenols is 1. The number of aromatic carboxylic acids is 1. The van der Waals surface area contributed by atoms with E-state index < -0.39 is 12.6 Å².